The van der Waals surface area contributed by atoms with Crippen LogP contribution in [0.4, 0.5) is 0 Å². The van der Waals surface area contributed by atoms with Crippen molar-refractivity contribution in [3.63, 3.8) is 0 Å². The Balaban J connectivity index is 1.96. The highest BCUT2D eigenvalue weighted by atomic mass is 32.2. The molecule has 8 heteroatoms. The Morgan fingerprint density at radius 1 is 1.28 bits per heavy atom. The fourth-order valence-corrected chi connectivity index (χ4v) is 5.87. The lowest BCUT2D eigenvalue weighted by Gasteiger charge is -2.16. The van der Waals surface area contributed by atoms with Gasteiger partial charge in [-0.15, -0.1) is 11.3 Å². The van der Waals surface area contributed by atoms with Gasteiger partial charge in [0, 0.05) is 10.9 Å². The summed E-state index contributed by atoms with van der Waals surface area (Å²) in [4.78, 5) is 32.5. The normalized spacial score (nSPS) is 14.4. The molecule has 4 rings (SSSR count). The van der Waals surface area contributed by atoms with Crippen LogP contribution in [0.5, 0.6) is 5.75 Å². The molecule has 0 aliphatic heterocycles. The van der Waals surface area contributed by atoms with Crippen molar-refractivity contribution < 1.29 is 14.3 Å². The number of esters is 1. The van der Waals surface area contributed by atoms with Crippen molar-refractivity contribution in [2.45, 2.75) is 43.0 Å². The molecule has 1 unspecified atom stereocenters. The molecule has 0 radical (unpaired) electrons. The van der Waals surface area contributed by atoms with Crippen LogP contribution in [-0.2, 0) is 22.4 Å². The zero-order valence-electron chi connectivity index (χ0n) is 16.6. The molecule has 1 aliphatic rings. The molecule has 2 aromatic heterocycles. The maximum Gasteiger partial charge on any atom is 0.318 e. The van der Waals surface area contributed by atoms with E-state index in [4.69, 9.17) is 14.5 Å². The molecule has 1 aromatic carbocycles. The van der Waals surface area contributed by atoms with Crippen LogP contribution >= 0.6 is 23.1 Å². The first-order chi connectivity index (χ1) is 14.0. The zero-order valence-corrected chi connectivity index (χ0v) is 18.2. The molecule has 0 spiro atoms. The van der Waals surface area contributed by atoms with E-state index in [0.29, 0.717) is 22.0 Å². The summed E-state index contributed by atoms with van der Waals surface area (Å²) in [5.41, 5.74) is 1.71. The second-order valence-corrected chi connectivity index (χ2v) is 9.30. The topological polar surface area (TPSA) is 70.4 Å². The van der Waals surface area contributed by atoms with Crippen LogP contribution in [0, 0.1) is 0 Å². The molecule has 1 aliphatic carbocycles. The minimum Gasteiger partial charge on any atom is -0.497 e. The van der Waals surface area contributed by atoms with Crippen LogP contribution in [0.1, 0.15) is 30.2 Å². The molecule has 0 fully saturated rings. The predicted molar refractivity (Wildman–Crippen MR) is 116 cm³/mol. The van der Waals surface area contributed by atoms with Crippen LogP contribution in [0.3, 0.4) is 0 Å². The Kier molecular flexibility index (Phi) is 5.65. The van der Waals surface area contributed by atoms with Gasteiger partial charge in [0.05, 0.1) is 25.3 Å². The van der Waals surface area contributed by atoms with E-state index < -0.39 is 5.25 Å². The van der Waals surface area contributed by atoms with E-state index in [1.807, 2.05) is 18.2 Å². The van der Waals surface area contributed by atoms with Gasteiger partial charge < -0.3 is 9.47 Å². The van der Waals surface area contributed by atoms with Crippen LogP contribution in [0.2, 0.25) is 0 Å². The number of ether oxygens (including phenoxy) is 2. The molecule has 6 nitrogen and oxygen atoms in total. The number of benzene rings is 1. The number of nitrogens with zero attached hydrogens (tertiary/aromatic N) is 2. The lowest BCUT2D eigenvalue weighted by atomic mass is 9.97. The van der Waals surface area contributed by atoms with Crippen molar-refractivity contribution in [1.82, 2.24) is 9.55 Å². The standard InChI is InChI=1S/C21H22N2O4S2/c1-12(20(25)27-3)28-21-22-18-17(15-9-4-5-10-16(15)29-18)19(24)23(21)13-7-6-8-14(11-13)26-2/h6-8,11-12H,4-5,9-10H2,1-3H3. The average molecular weight is 431 g/mol. The molecule has 0 amide bonds. The van der Waals surface area contributed by atoms with Crippen LogP contribution < -0.4 is 10.3 Å². The highest BCUT2D eigenvalue weighted by molar-refractivity contribution is 8.00. The number of hydrogen-bond acceptors (Lipinski definition) is 7. The van der Waals surface area contributed by atoms with Gasteiger partial charge in [0.1, 0.15) is 15.8 Å². The summed E-state index contributed by atoms with van der Waals surface area (Å²) in [6.07, 6.45) is 4.14. The number of carbonyl (C=O) groups excluding carboxylic acids is 1. The molecule has 0 saturated heterocycles. The smallest absolute Gasteiger partial charge is 0.318 e. The maximum atomic E-state index is 13.7. The summed E-state index contributed by atoms with van der Waals surface area (Å²) in [5, 5.41) is 0.700. The third kappa shape index (κ3) is 3.67. The number of hydrogen-bond donors (Lipinski definition) is 0. The molecule has 1 atom stereocenters. The van der Waals surface area contributed by atoms with Crippen molar-refractivity contribution in [3.05, 3.63) is 45.1 Å². The number of thioether (sulfide) groups is 1. The second kappa shape index (κ2) is 8.20. The summed E-state index contributed by atoms with van der Waals surface area (Å²) >= 11 is 2.83. The van der Waals surface area contributed by atoms with Crippen LogP contribution in [-0.4, -0.2) is 35.0 Å². The summed E-state index contributed by atoms with van der Waals surface area (Å²) < 4.78 is 11.8. The summed E-state index contributed by atoms with van der Waals surface area (Å²) in [6, 6.07) is 7.33. The highest BCUT2D eigenvalue weighted by Gasteiger charge is 2.25. The van der Waals surface area contributed by atoms with Gasteiger partial charge in [-0.3, -0.25) is 14.2 Å². The van der Waals surface area contributed by atoms with Gasteiger partial charge in [0.25, 0.3) is 5.56 Å². The van der Waals surface area contributed by atoms with Crippen molar-refractivity contribution in [1.29, 1.82) is 0 Å². The van der Waals surface area contributed by atoms with Gasteiger partial charge in [-0.1, -0.05) is 17.8 Å². The van der Waals surface area contributed by atoms with Gasteiger partial charge in [0.2, 0.25) is 0 Å². The first-order valence-corrected chi connectivity index (χ1v) is 11.2. The number of aryl methyl sites for hydroxylation is 2. The van der Waals surface area contributed by atoms with Crippen molar-refractivity contribution in [2.75, 3.05) is 14.2 Å². The monoisotopic (exact) mass is 430 g/mol. The SMILES string of the molecule is COC(=O)C(C)Sc1nc2sc3c(c2c(=O)n1-c1cccc(OC)c1)CCCC3. The van der Waals surface area contributed by atoms with E-state index in [-0.39, 0.29) is 11.5 Å². The summed E-state index contributed by atoms with van der Waals surface area (Å²) in [5.74, 6) is 0.297. The lowest BCUT2D eigenvalue weighted by Crippen LogP contribution is -2.24. The number of fused-ring (bicyclic) bond motifs is 3. The summed E-state index contributed by atoms with van der Waals surface area (Å²) in [6.45, 7) is 1.75. The molecule has 0 N–H and O–H groups in total. The Labute approximate surface area is 176 Å². The van der Waals surface area contributed by atoms with Gasteiger partial charge in [-0.2, -0.15) is 0 Å². The van der Waals surface area contributed by atoms with Gasteiger partial charge in [-0.05, 0) is 50.3 Å². The first kappa shape index (κ1) is 20.0. The second-order valence-electron chi connectivity index (χ2n) is 6.91. The number of rotatable bonds is 5. The molecule has 29 heavy (non-hydrogen) atoms. The summed E-state index contributed by atoms with van der Waals surface area (Å²) in [7, 11) is 2.95. The third-order valence-corrected chi connectivity index (χ3v) is 7.30. The van der Waals surface area contributed by atoms with Crippen LogP contribution in [0.15, 0.2) is 34.2 Å². The van der Waals surface area contributed by atoms with E-state index >= 15 is 0 Å². The van der Waals surface area contributed by atoms with Crippen molar-refractivity contribution in [3.8, 4) is 11.4 Å². The van der Waals surface area contributed by atoms with Crippen molar-refractivity contribution >= 4 is 39.3 Å². The Hall–Kier alpha value is -2.32. The van der Waals surface area contributed by atoms with E-state index in [1.165, 1.54) is 23.7 Å². The molecule has 3 aromatic rings. The van der Waals surface area contributed by atoms with Crippen molar-refractivity contribution in [2.24, 2.45) is 0 Å². The number of carbonyl (C=O) groups is 1. The Bertz CT molecular complexity index is 1140. The zero-order chi connectivity index (χ0) is 20.5. The lowest BCUT2D eigenvalue weighted by molar-refractivity contribution is -0.139. The van der Waals surface area contributed by atoms with Gasteiger partial charge in [0.15, 0.2) is 5.16 Å². The largest absolute Gasteiger partial charge is 0.497 e. The quantitative estimate of drug-likeness (QED) is 0.346. The first-order valence-electron chi connectivity index (χ1n) is 9.49. The van der Waals surface area contributed by atoms with E-state index in [2.05, 4.69) is 0 Å². The molecular weight excluding hydrogens is 408 g/mol. The maximum absolute atomic E-state index is 13.7. The number of thiophene rings is 1. The van der Waals surface area contributed by atoms with E-state index in [0.717, 1.165) is 36.1 Å². The minimum atomic E-state index is -0.490. The molecule has 0 saturated carbocycles. The van der Waals surface area contributed by atoms with E-state index in [9.17, 15) is 9.59 Å². The Morgan fingerprint density at radius 3 is 2.83 bits per heavy atom. The van der Waals surface area contributed by atoms with E-state index in [1.54, 1.807) is 36.0 Å². The van der Waals surface area contributed by atoms with Gasteiger partial charge in [-0.25, -0.2) is 4.98 Å². The molecular formula is C21H22N2O4S2. The third-order valence-electron chi connectivity index (χ3n) is 5.08. The average Bonchev–Trinajstić information content (AvgIpc) is 3.11. The minimum absolute atomic E-state index is 0.0952. The Morgan fingerprint density at radius 2 is 2.07 bits per heavy atom. The number of aromatic nitrogens is 2. The highest BCUT2D eigenvalue weighted by Crippen LogP contribution is 2.36. The van der Waals surface area contributed by atoms with Crippen LogP contribution in [0.25, 0.3) is 15.9 Å². The molecule has 152 valence electrons. The number of methoxy groups -OCH3 is 2. The molecule has 2 heterocycles. The molecule has 0 bridgehead atoms. The van der Waals surface area contributed by atoms with Gasteiger partial charge >= 0.3 is 5.97 Å². The fourth-order valence-electron chi connectivity index (χ4n) is 3.61. The fraction of sp³-hybridized carbons (Fsp3) is 0.381. The predicted octanol–water partition coefficient (Wildman–Crippen LogP) is 3.99.